The summed E-state index contributed by atoms with van der Waals surface area (Å²) in [5.74, 6) is 0.549. The van der Waals surface area contributed by atoms with E-state index in [-0.39, 0.29) is 0 Å². The van der Waals surface area contributed by atoms with Crippen molar-refractivity contribution in [2.75, 3.05) is 24.2 Å². The molecule has 1 aromatic heterocycles. The van der Waals surface area contributed by atoms with E-state index in [0.717, 1.165) is 37.9 Å². The number of hydrogen-bond acceptors (Lipinski definition) is 4. The molecule has 0 amide bonds. The monoisotopic (exact) mass is 209 g/mol. The highest BCUT2D eigenvalue weighted by Gasteiger charge is 1.96. The van der Waals surface area contributed by atoms with Crippen LogP contribution in [-0.2, 0) is 0 Å². The van der Waals surface area contributed by atoms with Crippen molar-refractivity contribution in [2.45, 2.75) is 25.7 Å². The van der Waals surface area contributed by atoms with Crippen LogP contribution in [0.15, 0.2) is 18.3 Å². The summed E-state index contributed by atoms with van der Waals surface area (Å²) in [7, 11) is 0. The number of aromatic nitrogens is 1. The normalized spacial score (nSPS) is 10.2. The summed E-state index contributed by atoms with van der Waals surface area (Å²) in [5.41, 5.74) is 6.58. The molecule has 0 radical (unpaired) electrons. The smallest absolute Gasteiger partial charge is 0.146 e. The van der Waals surface area contributed by atoms with E-state index in [2.05, 4.69) is 10.3 Å². The predicted molar refractivity (Wildman–Crippen MR) is 62.7 cm³/mol. The minimum Gasteiger partial charge on any atom is -0.396 e. The molecule has 0 bridgehead atoms. The van der Waals surface area contributed by atoms with Gasteiger partial charge in [-0.3, -0.25) is 0 Å². The molecule has 0 aromatic carbocycles. The number of aliphatic hydroxyl groups excluding tert-OH is 1. The Kier molecular flexibility index (Phi) is 5.55. The predicted octanol–water partition coefficient (Wildman–Crippen LogP) is 1.63. The van der Waals surface area contributed by atoms with Gasteiger partial charge in [-0.05, 0) is 25.0 Å². The first-order chi connectivity index (χ1) is 7.34. The molecule has 0 saturated carbocycles. The van der Waals surface area contributed by atoms with E-state index in [1.807, 2.05) is 12.1 Å². The second kappa shape index (κ2) is 7.06. The summed E-state index contributed by atoms with van der Waals surface area (Å²) in [4.78, 5) is 3.99. The van der Waals surface area contributed by atoms with E-state index in [4.69, 9.17) is 10.8 Å². The Labute approximate surface area is 90.5 Å². The molecule has 0 aliphatic carbocycles. The Morgan fingerprint density at radius 1 is 1.27 bits per heavy atom. The Balaban J connectivity index is 2.12. The van der Waals surface area contributed by atoms with Crippen LogP contribution in [0.25, 0.3) is 0 Å². The number of anilines is 2. The van der Waals surface area contributed by atoms with Crippen LogP contribution in [0, 0.1) is 0 Å². The van der Waals surface area contributed by atoms with Crippen LogP contribution in [0.4, 0.5) is 11.5 Å². The van der Waals surface area contributed by atoms with Gasteiger partial charge in [0.25, 0.3) is 0 Å². The third kappa shape index (κ3) is 4.65. The van der Waals surface area contributed by atoms with Crippen LogP contribution >= 0.6 is 0 Å². The zero-order valence-electron chi connectivity index (χ0n) is 8.95. The van der Waals surface area contributed by atoms with Crippen molar-refractivity contribution in [3.05, 3.63) is 18.3 Å². The lowest BCUT2D eigenvalue weighted by Gasteiger charge is -2.07. The zero-order valence-corrected chi connectivity index (χ0v) is 8.95. The Morgan fingerprint density at radius 2 is 2.07 bits per heavy atom. The number of rotatable bonds is 7. The summed E-state index contributed by atoms with van der Waals surface area (Å²) < 4.78 is 0. The van der Waals surface area contributed by atoms with E-state index in [9.17, 15) is 0 Å². The van der Waals surface area contributed by atoms with Gasteiger partial charge in [-0.1, -0.05) is 12.8 Å². The summed E-state index contributed by atoms with van der Waals surface area (Å²) >= 11 is 0. The number of nitrogens with two attached hydrogens (primary N) is 1. The van der Waals surface area contributed by atoms with Gasteiger partial charge in [0.05, 0.1) is 5.69 Å². The number of aliphatic hydroxyl groups is 1. The third-order valence-corrected chi connectivity index (χ3v) is 2.24. The molecule has 1 heterocycles. The number of nitrogen functional groups attached to an aromatic ring is 1. The summed E-state index contributed by atoms with van der Waals surface area (Å²) in [6, 6.07) is 3.79. The lowest BCUT2D eigenvalue weighted by Crippen LogP contribution is -2.05. The van der Waals surface area contributed by atoms with Crippen LogP contribution in [0.3, 0.4) is 0 Å². The summed E-state index contributed by atoms with van der Waals surface area (Å²) in [6.07, 6.45) is 5.89. The van der Waals surface area contributed by atoms with Gasteiger partial charge in [0.1, 0.15) is 5.82 Å². The minimum atomic E-state index is 0.295. The Morgan fingerprint density at radius 3 is 2.80 bits per heavy atom. The molecule has 0 aliphatic heterocycles. The van der Waals surface area contributed by atoms with Gasteiger partial charge in [-0.2, -0.15) is 0 Å². The van der Waals surface area contributed by atoms with Crippen molar-refractivity contribution >= 4 is 11.5 Å². The van der Waals surface area contributed by atoms with E-state index in [1.54, 1.807) is 6.20 Å². The van der Waals surface area contributed by atoms with Crippen LogP contribution in [0.1, 0.15) is 25.7 Å². The molecule has 0 atom stereocenters. The average molecular weight is 209 g/mol. The van der Waals surface area contributed by atoms with Crippen molar-refractivity contribution in [3.63, 3.8) is 0 Å². The second-order valence-electron chi connectivity index (χ2n) is 3.50. The van der Waals surface area contributed by atoms with Gasteiger partial charge >= 0.3 is 0 Å². The fourth-order valence-electron chi connectivity index (χ4n) is 1.38. The number of pyridine rings is 1. The molecule has 4 heteroatoms. The summed E-state index contributed by atoms with van der Waals surface area (Å²) in [5, 5.41) is 11.8. The maximum atomic E-state index is 8.60. The number of hydrogen-bond donors (Lipinski definition) is 3. The highest BCUT2D eigenvalue weighted by Crippen LogP contribution is 2.13. The molecule has 0 spiro atoms. The van der Waals surface area contributed by atoms with Crippen LogP contribution in [0.2, 0.25) is 0 Å². The number of unbranched alkanes of at least 4 members (excludes halogenated alkanes) is 3. The van der Waals surface area contributed by atoms with Crippen LogP contribution in [-0.4, -0.2) is 23.2 Å². The molecule has 0 aliphatic rings. The fraction of sp³-hybridized carbons (Fsp3) is 0.545. The van der Waals surface area contributed by atoms with Crippen LogP contribution in [0.5, 0.6) is 0 Å². The molecule has 84 valence electrons. The lowest BCUT2D eigenvalue weighted by molar-refractivity contribution is 0.283. The maximum absolute atomic E-state index is 8.60. The van der Waals surface area contributed by atoms with Gasteiger partial charge in [0, 0.05) is 19.3 Å². The van der Waals surface area contributed by atoms with E-state index in [1.165, 1.54) is 0 Å². The molecule has 1 aromatic rings. The van der Waals surface area contributed by atoms with E-state index in [0.29, 0.717) is 12.4 Å². The van der Waals surface area contributed by atoms with Crippen LogP contribution < -0.4 is 11.1 Å². The number of nitrogens with zero attached hydrogens (tertiary/aromatic N) is 1. The van der Waals surface area contributed by atoms with Crippen molar-refractivity contribution in [1.29, 1.82) is 0 Å². The Hall–Kier alpha value is -1.29. The van der Waals surface area contributed by atoms with Crippen molar-refractivity contribution in [1.82, 2.24) is 4.98 Å². The SMILES string of the molecule is Nc1ncccc1NCCCCCCO. The largest absolute Gasteiger partial charge is 0.396 e. The fourth-order valence-corrected chi connectivity index (χ4v) is 1.38. The highest BCUT2D eigenvalue weighted by atomic mass is 16.2. The lowest BCUT2D eigenvalue weighted by atomic mass is 10.2. The first-order valence-corrected chi connectivity index (χ1v) is 5.40. The molecule has 0 saturated heterocycles. The highest BCUT2D eigenvalue weighted by molar-refractivity contribution is 5.60. The number of nitrogens with one attached hydrogen (secondary N) is 1. The summed E-state index contributed by atoms with van der Waals surface area (Å²) in [6.45, 7) is 1.20. The standard InChI is InChI=1S/C11H19N3O/c12-11-10(6-5-8-14-11)13-7-3-1-2-4-9-15/h5-6,8,13,15H,1-4,7,9H2,(H2,12,14). The first-order valence-electron chi connectivity index (χ1n) is 5.40. The maximum Gasteiger partial charge on any atom is 0.146 e. The molecule has 0 unspecified atom stereocenters. The van der Waals surface area contributed by atoms with Crippen molar-refractivity contribution in [2.24, 2.45) is 0 Å². The van der Waals surface area contributed by atoms with Gasteiger partial charge < -0.3 is 16.2 Å². The molecule has 0 fully saturated rings. The van der Waals surface area contributed by atoms with E-state index >= 15 is 0 Å². The molecule has 4 N–H and O–H groups in total. The van der Waals surface area contributed by atoms with Gasteiger partial charge in [-0.25, -0.2) is 4.98 Å². The zero-order chi connectivity index (χ0) is 10.9. The van der Waals surface area contributed by atoms with Gasteiger partial charge in [-0.15, -0.1) is 0 Å². The molecule has 1 rings (SSSR count). The van der Waals surface area contributed by atoms with Crippen molar-refractivity contribution in [3.8, 4) is 0 Å². The molecule has 4 nitrogen and oxygen atoms in total. The average Bonchev–Trinajstić information content (AvgIpc) is 2.25. The third-order valence-electron chi connectivity index (χ3n) is 2.24. The molecular weight excluding hydrogens is 190 g/mol. The van der Waals surface area contributed by atoms with Crippen molar-refractivity contribution < 1.29 is 5.11 Å². The minimum absolute atomic E-state index is 0.295. The van der Waals surface area contributed by atoms with E-state index < -0.39 is 0 Å². The molecular formula is C11H19N3O. The second-order valence-corrected chi connectivity index (χ2v) is 3.50. The topological polar surface area (TPSA) is 71.2 Å². The Bertz CT molecular complexity index is 278. The molecule has 15 heavy (non-hydrogen) atoms. The first kappa shape index (κ1) is 11.8. The van der Waals surface area contributed by atoms with Gasteiger partial charge in [0.15, 0.2) is 0 Å². The van der Waals surface area contributed by atoms with Gasteiger partial charge in [0.2, 0.25) is 0 Å². The quantitative estimate of drug-likeness (QED) is 0.597.